The van der Waals surface area contributed by atoms with Crippen molar-refractivity contribution in [1.82, 2.24) is 9.88 Å². The predicted molar refractivity (Wildman–Crippen MR) is 67.1 cm³/mol. The summed E-state index contributed by atoms with van der Waals surface area (Å²) in [5.74, 6) is -0.997. The van der Waals surface area contributed by atoms with Crippen molar-refractivity contribution >= 4 is 23.2 Å². The molecule has 0 aliphatic heterocycles. The highest BCUT2D eigenvalue weighted by Crippen LogP contribution is 2.17. The number of amides is 1. The van der Waals surface area contributed by atoms with E-state index in [2.05, 4.69) is 4.98 Å². The second kappa shape index (κ2) is 6.95. The van der Waals surface area contributed by atoms with E-state index in [9.17, 15) is 9.59 Å². The third-order valence-electron chi connectivity index (χ3n) is 2.24. The molecular formula is C11H16N2O4S. The van der Waals surface area contributed by atoms with Crippen molar-refractivity contribution in [1.29, 1.82) is 0 Å². The molecule has 0 saturated carbocycles. The molecule has 6 nitrogen and oxygen atoms in total. The van der Waals surface area contributed by atoms with Gasteiger partial charge in [-0.1, -0.05) is 18.3 Å². The van der Waals surface area contributed by atoms with Crippen molar-refractivity contribution in [2.45, 2.75) is 19.8 Å². The van der Waals surface area contributed by atoms with E-state index in [4.69, 9.17) is 9.84 Å². The highest BCUT2D eigenvalue weighted by molar-refractivity contribution is 7.11. The lowest BCUT2D eigenvalue weighted by Gasteiger charge is -2.16. The van der Waals surface area contributed by atoms with Crippen molar-refractivity contribution in [3.8, 4) is 5.19 Å². The van der Waals surface area contributed by atoms with Crippen molar-refractivity contribution in [3.05, 3.63) is 11.1 Å². The van der Waals surface area contributed by atoms with Gasteiger partial charge in [0.2, 0.25) is 5.91 Å². The number of hydrogen-bond donors (Lipinski definition) is 1. The van der Waals surface area contributed by atoms with Gasteiger partial charge in [0.15, 0.2) is 5.69 Å². The van der Waals surface area contributed by atoms with Crippen LogP contribution in [-0.2, 0) is 4.79 Å². The number of nitrogens with zero attached hydrogens (tertiary/aromatic N) is 2. The Morgan fingerprint density at radius 2 is 2.28 bits per heavy atom. The van der Waals surface area contributed by atoms with Crippen molar-refractivity contribution in [2.24, 2.45) is 0 Å². The maximum Gasteiger partial charge on any atom is 0.355 e. The summed E-state index contributed by atoms with van der Waals surface area (Å²) >= 11 is 1.13. The fourth-order valence-electron chi connectivity index (χ4n) is 1.22. The maximum atomic E-state index is 11.5. The Balaban J connectivity index is 2.32. The SMILES string of the molecule is CCCC(=O)N(C)CCOc1nc(C(=O)O)cs1. The first-order valence-electron chi connectivity index (χ1n) is 5.60. The molecule has 1 rings (SSSR count). The molecule has 0 bridgehead atoms. The molecule has 1 aromatic heterocycles. The first-order valence-corrected chi connectivity index (χ1v) is 6.48. The number of carbonyl (C=O) groups is 2. The summed E-state index contributed by atoms with van der Waals surface area (Å²) in [5, 5.41) is 10.4. The third kappa shape index (κ3) is 4.33. The van der Waals surface area contributed by atoms with Gasteiger partial charge in [0, 0.05) is 18.8 Å². The minimum absolute atomic E-state index is 0.0228. The zero-order valence-corrected chi connectivity index (χ0v) is 11.2. The van der Waals surface area contributed by atoms with Crippen molar-refractivity contribution < 1.29 is 19.4 Å². The van der Waals surface area contributed by atoms with E-state index in [1.807, 2.05) is 6.92 Å². The van der Waals surface area contributed by atoms with Crippen LogP contribution in [0.2, 0.25) is 0 Å². The lowest BCUT2D eigenvalue weighted by Crippen LogP contribution is -2.30. The van der Waals surface area contributed by atoms with Crippen LogP contribution in [0.5, 0.6) is 5.19 Å². The van der Waals surface area contributed by atoms with Gasteiger partial charge in [-0.05, 0) is 6.42 Å². The smallest absolute Gasteiger partial charge is 0.355 e. The zero-order valence-electron chi connectivity index (χ0n) is 10.4. The summed E-state index contributed by atoms with van der Waals surface area (Å²) < 4.78 is 5.29. The predicted octanol–water partition coefficient (Wildman–Crippen LogP) is 1.48. The van der Waals surface area contributed by atoms with Gasteiger partial charge >= 0.3 is 5.97 Å². The van der Waals surface area contributed by atoms with Gasteiger partial charge in [-0.2, -0.15) is 4.98 Å². The Morgan fingerprint density at radius 1 is 1.56 bits per heavy atom. The van der Waals surface area contributed by atoms with E-state index in [0.29, 0.717) is 24.8 Å². The molecule has 1 N–H and O–H groups in total. The number of carboxylic acids is 1. The highest BCUT2D eigenvalue weighted by Gasteiger charge is 2.10. The number of aromatic nitrogens is 1. The average Bonchev–Trinajstić information content (AvgIpc) is 2.78. The first-order chi connectivity index (χ1) is 8.54. The van der Waals surface area contributed by atoms with E-state index in [0.717, 1.165) is 17.8 Å². The number of carboxylic acid groups (broad SMARTS) is 1. The molecule has 0 aliphatic rings. The molecule has 18 heavy (non-hydrogen) atoms. The van der Waals surface area contributed by atoms with E-state index >= 15 is 0 Å². The van der Waals surface area contributed by atoms with Crippen molar-refractivity contribution in [2.75, 3.05) is 20.2 Å². The minimum Gasteiger partial charge on any atom is -0.476 e. The molecule has 0 aliphatic carbocycles. The largest absolute Gasteiger partial charge is 0.476 e. The molecule has 1 heterocycles. The Kier molecular flexibility index (Phi) is 5.57. The quantitative estimate of drug-likeness (QED) is 0.813. The summed E-state index contributed by atoms with van der Waals surface area (Å²) in [6.45, 7) is 2.71. The third-order valence-corrected chi connectivity index (χ3v) is 3.00. The molecule has 0 aromatic carbocycles. The molecule has 100 valence electrons. The van der Waals surface area contributed by atoms with Crippen molar-refractivity contribution in [3.63, 3.8) is 0 Å². The van der Waals surface area contributed by atoms with Gasteiger partial charge in [0.1, 0.15) is 6.61 Å². The van der Waals surface area contributed by atoms with Gasteiger partial charge in [-0.25, -0.2) is 4.79 Å². The zero-order chi connectivity index (χ0) is 13.5. The summed E-state index contributed by atoms with van der Waals surface area (Å²) in [6.07, 6.45) is 1.34. The lowest BCUT2D eigenvalue weighted by atomic mass is 10.3. The molecule has 0 unspecified atom stereocenters. The van der Waals surface area contributed by atoms with Crippen LogP contribution in [0.15, 0.2) is 5.38 Å². The molecule has 0 fully saturated rings. The van der Waals surface area contributed by atoms with Gasteiger partial charge in [0.05, 0.1) is 6.54 Å². The van der Waals surface area contributed by atoms with Crippen LogP contribution < -0.4 is 4.74 Å². The van der Waals surface area contributed by atoms with Gasteiger partial charge in [-0.3, -0.25) is 4.79 Å². The monoisotopic (exact) mass is 272 g/mol. The molecular weight excluding hydrogens is 256 g/mol. The van der Waals surface area contributed by atoms with Crippen LogP contribution in [0.4, 0.5) is 0 Å². The number of likely N-dealkylation sites (N-methyl/N-ethyl adjacent to an activating group) is 1. The van der Waals surface area contributed by atoms with Gasteiger partial charge in [0.25, 0.3) is 5.19 Å². The summed E-state index contributed by atoms with van der Waals surface area (Å²) in [5.41, 5.74) is -0.0228. The van der Waals surface area contributed by atoms with E-state index in [1.165, 1.54) is 5.38 Å². The van der Waals surface area contributed by atoms with E-state index in [1.54, 1.807) is 11.9 Å². The lowest BCUT2D eigenvalue weighted by molar-refractivity contribution is -0.130. The van der Waals surface area contributed by atoms with Crippen LogP contribution in [0, 0.1) is 0 Å². The second-order valence-corrected chi connectivity index (χ2v) is 4.54. The Hall–Kier alpha value is -1.63. The van der Waals surface area contributed by atoms with Crippen LogP contribution in [0.1, 0.15) is 30.3 Å². The normalized spacial score (nSPS) is 10.1. The van der Waals surface area contributed by atoms with Gasteiger partial charge < -0.3 is 14.7 Å². The number of carbonyl (C=O) groups excluding carboxylic acids is 1. The Bertz CT molecular complexity index is 419. The Morgan fingerprint density at radius 3 is 2.83 bits per heavy atom. The van der Waals surface area contributed by atoms with E-state index in [-0.39, 0.29) is 11.6 Å². The fourth-order valence-corrected chi connectivity index (χ4v) is 1.89. The number of aromatic carboxylic acids is 1. The fraction of sp³-hybridized carbons (Fsp3) is 0.545. The number of ether oxygens (including phenoxy) is 1. The minimum atomic E-state index is -1.07. The number of rotatable bonds is 7. The Labute approximate surface area is 109 Å². The van der Waals surface area contributed by atoms with Crippen LogP contribution >= 0.6 is 11.3 Å². The molecule has 0 radical (unpaired) electrons. The molecule has 1 aromatic rings. The summed E-state index contributed by atoms with van der Waals surface area (Å²) in [4.78, 5) is 27.4. The molecule has 0 spiro atoms. The molecule has 0 saturated heterocycles. The number of hydrogen-bond acceptors (Lipinski definition) is 5. The van der Waals surface area contributed by atoms with Gasteiger partial charge in [-0.15, -0.1) is 0 Å². The van der Waals surface area contributed by atoms with Crippen LogP contribution in [0.3, 0.4) is 0 Å². The standard InChI is InChI=1S/C11H16N2O4S/c1-3-4-9(14)13(2)5-6-17-11-12-8(7-18-11)10(15)16/h7H,3-6H2,1-2H3,(H,15,16). The topological polar surface area (TPSA) is 79.7 Å². The molecule has 0 atom stereocenters. The molecule has 1 amide bonds. The average molecular weight is 272 g/mol. The highest BCUT2D eigenvalue weighted by atomic mass is 32.1. The van der Waals surface area contributed by atoms with E-state index < -0.39 is 5.97 Å². The first kappa shape index (κ1) is 14.4. The van der Waals surface area contributed by atoms with Crippen LogP contribution in [-0.4, -0.2) is 47.1 Å². The summed E-state index contributed by atoms with van der Waals surface area (Å²) in [6, 6.07) is 0. The molecule has 7 heteroatoms. The maximum absolute atomic E-state index is 11.5. The number of thiazole rings is 1. The second-order valence-electron chi connectivity index (χ2n) is 3.72. The van der Waals surface area contributed by atoms with Crippen LogP contribution in [0.25, 0.3) is 0 Å². The summed E-state index contributed by atoms with van der Waals surface area (Å²) in [7, 11) is 1.71.